The van der Waals surface area contributed by atoms with E-state index in [0.29, 0.717) is 5.82 Å². The van der Waals surface area contributed by atoms with E-state index in [2.05, 4.69) is 35.3 Å². The Morgan fingerprint density at radius 2 is 2.27 bits per heavy atom. The number of aromatic nitrogens is 2. The molecule has 0 bridgehead atoms. The molecule has 74 valence electrons. The number of hydrogen-bond acceptors (Lipinski definition) is 2. The molecule has 1 aliphatic rings. The molecule has 0 spiro atoms. The van der Waals surface area contributed by atoms with Crippen molar-refractivity contribution >= 4 is 11.9 Å². The second-order valence-corrected chi connectivity index (χ2v) is 3.70. The molecule has 0 unspecified atom stereocenters. The summed E-state index contributed by atoms with van der Waals surface area (Å²) in [6.07, 6.45) is 8.92. The maximum Gasteiger partial charge on any atom is 0.141 e. The third kappa shape index (κ3) is 1.32. The maximum atomic E-state index is 5.58. The summed E-state index contributed by atoms with van der Waals surface area (Å²) in [6.45, 7) is 0. The van der Waals surface area contributed by atoms with Crippen molar-refractivity contribution in [3.05, 3.63) is 47.9 Å². The van der Waals surface area contributed by atoms with Crippen LogP contribution in [-0.2, 0) is 6.42 Å². The summed E-state index contributed by atoms with van der Waals surface area (Å²) in [4.78, 5) is 4.01. The Hall–Kier alpha value is -2.03. The van der Waals surface area contributed by atoms with Crippen molar-refractivity contribution in [3.8, 4) is 5.69 Å². The van der Waals surface area contributed by atoms with Gasteiger partial charge >= 0.3 is 0 Å². The molecule has 0 fully saturated rings. The number of allylic oxidation sites excluding steroid dienone is 1. The molecular weight excluding hydrogens is 186 g/mol. The van der Waals surface area contributed by atoms with Crippen molar-refractivity contribution < 1.29 is 0 Å². The summed E-state index contributed by atoms with van der Waals surface area (Å²) in [7, 11) is 0. The van der Waals surface area contributed by atoms with Crippen LogP contribution in [0.25, 0.3) is 11.8 Å². The third-order valence-electron chi connectivity index (χ3n) is 2.67. The zero-order valence-electron chi connectivity index (χ0n) is 8.22. The molecule has 15 heavy (non-hydrogen) atoms. The Bertz CT molecular complexity index is 538. The molecule has 2 aromatic rings. The topological polar surface area (TPSA) is 43.8 Å². The highest BCUT2D eigenvalue weighted by molar-refractivity contribution is 5.62. The van der Waals surface area contributed by atoms with Crippen LogP contribution in [0, 0.1) is 0 Å². The van der Waals surface area contributed by atoms with Crippen LogP contribution in [-0.4, -0.2) is 9.55 Å². The van der Waals surface area contributed by atoms with Crippen molar-refractivity contribution in [1.82, 2.24) is 9.55 Å². The quantitative estimate of drug-likeness (QED) is 0.760. The second-order valence-electron chi connectivity index (χ2n) is 3.70. The van der Waals surface area contributed by atoms with Gasteiger partial charge in [-0.3, -0.25) is 0 Å². The monoisotopic (exact) mass is 197 g/mol. The van der Waals surface area contributed by atoms with Gasteiger partial charge in [0.05, 0.1) is 6.20 Å². The summed E-state index contributed by atoms with van der Waals surface area (Å²) >= 11 is 0. The van der Waals surface area contributed by atoms with Crippen LogP contribution in [0.3, 0.4) is 0 Å². The number of anilines is 1. The standard InChI is InChI=1S/C12H11N3/c13-12-7-15(8-14-12)11-5-4-9-2-1-3-10(9)6-11/h1,3-8H,2,13H2. The van der Waals surface area contributed by atoms with Gasteiger partial charge in [-0.15, -0.1) is 0 Å². The number of hydrogen-bond donors (Lipinski definition) is 1. The number of benzene rings is 1. The van der Waals surface area contributed by atoms with E-state index in [-0.39, 0.29) is 0 Å². The van der Waals surface area contributed by atoms with E-state index < -0.39 is 0 Å². The molecule has 0 saturated carbocycles. The number of nitrogens with zero attached hydrogens (tertiary/aromatic N) is 2. The van der Waals surface area contributed by atoms with Crippen LogP contribution >= 0.6 is 0 Å². The molecule has 2 N–H and O–H groups in total. The van der Waals surface area contributed by atoms with E-state index in [1.165, 1.54) is 11.1 Å². The van der Waals surface area contributed by atoms with Gasteiger partial charge in [-0.1, -0.05) is 18.2 Å². The first-order valence-electron chi connectivity index (χ1n) is 4.92. The molecule has 3 rings (SSSR count). The third-order valence-corrected chi connectivity index (χ3v) is 2.67. The number of fused-ring (bicyclic) bond motifs is 1. The van der Waals surface area contributed by atoms with Gasteiger partial charge in [0.2, 0.25) is 0 Å². The van der Waals surface area contributed by atoms with Crippen molar-refractivity contribution in [2.24, 2.45) is 0 Å². The van der Waals surface area contributed by atoms with Gasteiger partial charge in [-0.25, -0.2) is 4.98 Å². The summed E-state index contributed by atoms with van der Waals surface area (Å²) in [5.41, 5.74) is 9.36. The van der Waals surface area contributed by atoms with Crippen LogP contribution in [0.2, 0.25) is 0 Å². The zero-order chi connectivity index (χ0) is 10.3. The number of nitrogens with two attached hydrogens (primary N) is 1. The van der Waals surface area contributed by atoms with Crippen molar-refractivity contribution in [1.29, 1.82) is 0 Å². The molecule has 1 heterocycles. The van der Waals surface area contributed by atoms with Gasteiger partial charge in [-0.05, 0) is 29.7 Å². The first-order chi connectivity index (χ1) is 7.33. The second kappa shape index (κ2) is 2.98. The van der Waals surface area contributed by atoms with Crippen LogP contribution in [0.15, 0.2) is 36.8 Å². The SMILES string of the molecule is Nc1cn(-c2ccc3c(c2)C=CC3)cn1. The molecule has 1 aromatic heterocycles. The van der Waals surface area contributed by atoms with E-state index in [0.717, 1.165) is 12.1 Å². The van der Waals surface area contributed by atoms with E-state index >= 15 is 0 Å². The molecule has 3 nitrogen and oxygen atoms in total. The highest BCUT2D eigenvalue weighted by Crippen LogP contribution is 2.22. The lowest BCUT2D eigenvalue weighted by molar-refractivity contribution is 1.05. The largest absolute Gasteiger partial charge is 0.382 e. The molecule has 0 amide bonds. The minimum Gasteiger partial charge on any atom is -0.382 e. The Kier molecular flexibility index (Phi) is 1.65. The van der Waals surface area contributed by atoms with Crippen LogP contribution in [0.5, 0.6) is 0 Å². The predicted molar refractivity (Wildman–Crippen MR) is 60.7 cm³/mol. The van der Waals surface area contributed by atoms with Crippen LogP contribution in [0.1, 0.15) is 11.1 Å². The fourth-order valence-corrected chi connectivity index (χ4v) is 1.88. The van der Waals surface area contributed by atoms with Crippen molar-refractivity contribution in [2.75, 3.05) is 5.73 Å². The van der Waals surface area contributed by atoms with Gasteiger partial charge in [0.1, 0.15) is 12.1 Å². The van der Waals surface area contributed by atoms with Crippen LogP contribution < -0.4 is 5.73 Å². The van der Waals surface area contributed by atoms with Crippen molar-refractivity contribution in [3.63, 3.8) is 0 Å². The molecule has 0 radical (unpaired) electrons. The van der Waals surface area contributed by atoms with E-state index in [9.17, 15) is 0 Å². The minimum atomic E-state index is 0.547. The number of nitrogen functional groups attached to an aromatic ring is 1. The minimum absolute atomic E-state index is 0.547. The first kappa shape index (κ1) is 8.29. The van der Waals surface area contributed by atoms with E-state index in [1.54, 1.807) is 6.33 Å². The normalized spacial score (nSPS) is 13.1. The van der Waals surface area contributed by atoms with E-state index in [1.807, 2.05) is 10.8 Å². The average molecular weight is 197 g/mol. The maximum absolute atomic E-state index is 5.58. The summed E-state index contributed by atoms with van der Waals surface area (Å²) in [6, 6.07) is 6.40. The molecule has 3 heteroatoms. The van der Waals surface area contributed by atoms with Gasteiger partial charge < -0.3 is 10.3 Å². The number of rotatable bonds is 1. The van der Waals surface area contributed by atoms with E-state index in [4.69, 9.17) is 5.73 Å². The number of imidazole rings is 1. The highest BCUT2D eigenvalue weighted by Gasteiger charge is 2.06. The fraction of sp³-hybridized carbons (Fsp3) is 0.0833. The predicted octanol–water partition coefficient (Wildman–Crippen LogP) is 2.02. The average Bonchev–Trinajstić information content (AvgIpc) is 2.84. The zero-order valence-corrected chi connectivity index (χ0v) is 8.22. The van der Waals surface area contributed by atoms with Gasteiger partial charge in [0, 0.05) is 5.69 Å². The molecule has 0 aliphatic heterocycles. The van der Waals surface area contributed by atoms with Gasteiger partial charge in [0.25, 0.3) is 0 Å². The van der Waals surface area contributed by atoms with Gasteiger partial charge in [-0.2, -0.15) is 0 Å². The lowest BCUT2D eigenvalue weighted by atomic mass is 10.1. The Morgan fingerprint density at radius 3 is 3.07 bits per heavy atom. The lowest BCUT2D eigenvalue weighted by Gasteiger charge is -2.04. The smallest absolute Gasteiger partial charge is 0.141 e. The molecule has 0 saturated heterocycles. The fourth-order valence-electron chi connectivity index (χ4n) is 1.88. The molecule has 1 aromatic carbocycles. The summed E-state index contributed by atoms with van der Waals surface area (Å²) < 4.78 is 1.93. The molecule has 1 aliphatic carbocycles. The van der Waals surface area contributed by atoms with Crippen LogP contribution in [0.4, 0.5) is 5.82 Å². The summed E-state index contributed by atoms with van der Waals surface area (Å²) in [5.74, 6) is 0.547. The Morgan fingerprint density at radius 1 is 1.33 bits per heavy atom. The summed E-state index contributed by atoms with van der Waals surface area (Å²) in [5, 5.41) is 0. The first-order valence-corrected chi connectivity index (χ1v) is 4.92. The Labute approximate surface area is 87.9 Å². The van der Waals surface area contributed by atoms with Crippen molar-refractivity contribution in [2.45, 2.75) is 6.42 Å². The molecule has 0 atom stereocenters. The van der Waals surface area contributed by atoms with Gasteiger partial charge in [0.15, 0.2) is 0 Å². The highest BCUT2D eigenvalue weighted by atomic mass is 15.1. The lowest BCUT2D eigenvalue weighted by Crippen LogP contribution is -1.92. The Balaban J connectivity index is 2.10. The molecular formula is C12H11N3.